The monoisotopic (exact) mass is 362 g/mol. The van der Waals surface area contributed by atoms with Crippen LogP contribution in [0, 0.1) is 6.92 Å². The quantitative estimate of drug-likeness (QED) is 0.599. The highest BCUT2D eigenvalue weighted by Gasteiger charge is 2.13. The first-order chi connectivity index (χ1) is 10.5. The fourth-order valence-electron chi connectivity index (χ4n) is 1.91. The summed E-state index contributed by atoms with van der Waals surface area (Å²) in [5.74, 6) is -0.205. The molecule has 4 nitrogen and oxygen atoms in total. The van der Waals surface area contributed by atoms with Crippen LogP contribution in [0.5, 0.6) is 5.75 Å². The molecule has 0 aliphatic rings. The number of benzene rings is 2. The molecule has 0 N–H and O–H groups in total. The Morgan fingerprint density at radius 3 is 2.55 bits per heavy atom. The van der Waals surface area contributed by atoms with Gasteiger partial charge in [-0.1, -0.05) is 34.1 Å². The van der Waals surface area contributed by atoms with Crippen molar-refractivity contribution in [3.63, 3.8) is 0 Å². The molecule has 22 heavy (non-hydrogen) atoms. The van der Waals surface area contributed by atoms with Crippen molar-refractivity contribution in [1.29, 1.82) is 0 Å². The van der Waals surface area contributed by atoms with Crippen LogP contribution in [0.15, 0.2) is 46.9 Å². The maximum absolute atomic E-state index is 12.0. The van der Waals surface area contributed by atoms with E-state index in [0.29, 0.717) is 16.9 Å². The average Bonchev–Trinajstić information content (AvgIpc) is 2.52. The molecule has 0 bridgehead atoms. The van der Waals surface area contributed by atoms with Gasteiger partial charge in [-0.15, -0.1) is 0 Å². The molecule has 114 valence electrons. The Labute approximate surface area is 137 Å². The van der Waals surface area contributed by atoms with Gasteiger partial charge >= 0.3 is 5.97 Å². The average molecular weight is 363 g/mol. The van der Waals surface area contributed by atoms with Gasteiger partial charge in [0, 0.05) is 10.0 Å². The van der Waals surface area contributed by atoms with E-state index in [9.17, 15) is 9.59 Å². The molecule has 0 aliphatic carbocycles. The minimum Gasteiger partial charge on any atom is -0.496 e. The van der Waals surface area contributed by atoms with Crippen LogP contribution in [-0.4, -0.2) is 25.5 Å². The number of methoxy groups -OCH3 is 1. The molecule has 2 rings (SSSR count). The normalized spacial score (nSPS) is 10.1. The van der Waals surface area contributed by atoms with Crippen molar-refractivity contribution in [3.05, 3.63) is 63.6 Å². The molecular formula is C17H15BrO4. The van der Waals surface area contributed by atoms with E-state index in [1.807, 2.05) is 13.0 Å². The van der Waals surface area contributed by atoms with E-state index in [4.69, 9.17) is 9.47 Å². The number of aryl methyl sites for hydroxylation is 1. The zero-order valence-corrected chi connectivity index (χ0v) is 13.8. The number of halogens is 1. The molecule has 2 aromatic rings. The zero-order valence-electron chi connectivity index (χ0n) is 12.3. The van der Waals surface area contributed by atoms with Gasteiger partial charge in [0.1, 0.15) is 5.75 Å². The molecule has 0 saturated heterocycles. The van der Waals surface area contributed by atoms with Gasteiger partial charge in [0.25, 0.3) is 0 Å². The number of ether oxygens (including phenoxy) is 2. The lowest BCUT2D eigenvalue weighted by atomic mass is 10.1. The number of rotatable bonds is 5. The Balaban J connectivity index is 2.02. The number of hydrogen-bond donors (Lipinski definition) is 0. The van der Waals surface area contributed by atoms with E-state index < -0.39 is 5.97 Å². The topological polar surface area (TPSA) is 52.6 Å². The number of carbonyl (C=O) groups excluding carboxylic acids is 2. The van der Waals surface area contributed by atoms with Gasteiger partial charge in [-0.2, -0.15) is 0 Å². The summed E-state index contributed by atoms with van der Waals surface area (Å²) >= 11 is 3.30. The lowest BCUT2D eigenvalue weighted by Gasteiger charge is -2.08. The molecule has 0 fully saturated rings. The number of hydrogen-bond acceptors (Lipinski definition) is 4. The summed E-state index contributed by atoms with van der Waals surface area (Å²) in [4.78, 5) is 24.0. The molecule has 0 spiro atoms. The molecule has 0 amide bonds. The standard InChI is InChI=1S/C17H15BrO4/c1-11-6-7-13(9-16(11)21-2)17(20)22-10-15(19)12-4-3-5-14(18)8-12/h3-9H,10H2,1-2H3. The third-order valence-corrected chi connectivity index (χ3v) is 3.62. The van der Waals surface area contributed by atoms with Crippen molar-refractivity contribution in [2.75, 3.05) is 13.7 Å². The number of Topliss-reactive ketones (excluding diaryl/α,β-unsaturated/α-hetero) is 1. The van der Waals surface area contributed by atoms with Crippen molar-refractivity contribution < 1.29 is 19.1 Å². The van der Waals surface area contributed by atoms with Crippen LogP contribution in [0.4, 0.5) is 0 Å². The van der Waals surface area contributed by atoms with Crippen LogP contribution in [0.1, 0.15) is 26.3 Å². The van der Waals surface area contributed by atoms with Crippen LogP contribution in [-0.2, 0) is 4.74 Å². The van der Waals surface area contributed by atoms with Gasteiger partial charge in [0.2, 0.25) is 0 Å². The molecule has 2 aromatic carbocycles. The Morgan fingerprint density at radius 2 is 1.86 bits per heavy atom. The molecule has 0 heterocycles. The maximum atomic E-state index is 12.0. The van der Waals surface area contributed by atoms with Gasteiger partial charge in [-0.05, 0) is 36.8 Å². The predicted octanol–water partition coefficient (Wildman–Crippen LogP) is 3.81. The van der Waals surface area contributed by atoms with E-state index in [-0.39, 0.29) is 12.4 Å². The first-order valence-electron chi connectivity index (χ1n) is 6.62. The third kappa shape index (κ3) is 3.95. The Hall–Kier alpha value is -2.14. The van der Waals surface area contributed by atoms with Crippen molar-refractivity contribution in [3.8, 4) is 5.75 Å². The van der Waals surface area contributed by atoms with Crippen molar-refractivity contribution in [2.24, 2.45) is 0 Å². The van der Waals surface area contributed by atoms with Crippen LogP contribution < -0.4 is 4.74 Å². The minimum atomic E-state index is -0.554. The lowest BCUT2D eigenvalue weighted by Crippen LogP contribution is -2.14. The molecule has 0 radical (unpaired) electrons. The summed E-state index contributed by atoms with van der Waals surface area (Å²) < 4.78 is 11.0. The van der Waals surface area contributed by atoms with Gasteiger partial charge < -0.3 is 9.47 Å². The highest BCUT2D eigenvalue weighted by molar-refractivity contribution is 9.10. The summed E-state index contributed by atoms with van der Waals surface area (Å²) in [5, 5.41) is 0. The lowest BCUT2D eigenvalue weighted by molar-refractivity contribution is 0.0474. The second kappa shape index (κ2) is 7.22. The van der Waals surface area contributed by atoms with E-state index in [2.05, 4.69) is 15.9 Å². The van der Waals surface area contributed by atoms with E-state index in [1.54, 1.807) is 36.4 Å². The smallest absolute Gasteiger partial charge is 0.338 e. The number of carbonyl (C=O) groups is 2. The summed E-state index contributed by atoms with van der Waals surface area (Å²) in [6, 6.07) is 11.9. The van der Waals surface area contributed by atoms with E-state index in [0.717, 1.165) is 10.0 Å². The molecule has 5 heteroatoms. The number of ketones is 1. The van der Waals surface area contributed by atoms with Gasteiger partial charge in [0.05, 0.1) is 12.7 Å². The van der Waals surface area contributed by atoms with Crippen molar-refractivity contribution >= 4 is 27.7 Å². The Kier molecular flexibility index (Phi) is 5.33. The van der Waals surface area contributed by atoms with Crippen molar-refractivity contribution in [1.82, 2.24) is 0 Å². The van der Waals surface area contributed by atoms with Crippen LogP contribution >= 0.6 is 15.9 Å². The zero-order chi connectivity index (χ0) is 16.1. The van der Waals surface area contributed by atoms with Gasteiger partial charge in [-0.25, -0.2) is 4.79 Å². The summed E-state index contributed by atoms with van der Waals surface area (Å²) in [7, 11) is 1.54. The van der Waals surface area contributed by atoms with Crippen molar-refractivity contribution in [2.45, 2.75) is 6.92 Å². The Bertz CT molecular complexity index is 710. The van der Waals surface area contributed by atoms with Gasteiger partial charge in [-0.3, -0.25) is 4.79 Å². The highest BCUT2D eigenvalue weighted by Crippen LogP contribution is 2.19. The highest BCUT2D eigenvalue weighted by atomic mass is 79.9. The first-order valence-corrected chi connectivity index (χ1v) is 7.41. The summed E-state index contributed by atoms with van der Waals surface area (Å²) in [5.41, 5.74) is 1.76. The summed E-state index contributed by atoms with van der Waals surface area (Å²) in [6.07, 6.45) is 0. The fraction of sp³-hybridized carbons (Fsp3) is 0.176. The van der Waals surface area contributed by atoms with E-state index in [1.165, 1.54) is 7.11 Å². The molecule has 0 aromatic heterocycles. The minimum absolute atomic E-state index is 0.256. The molecule has 0 unspecified atom stereocenters. The first kappa shape index (κ1) is 16.2. The second-order valence-electron chi connectivity index (χ2n) is 4.69. The molecule has 0 aliphatic heterocycles. The second-order valence-corrected chi connectivity index (χ2v) is 5.61. The molecular weight excluding hydrogens is 348 g/mol. The van der Waals surface area contributed by atoms with Crippen LogP contribution in [0.2, 0.25) is 0 Å². The van der Waals surface area contributed by atoms with Crippen LogP contribution in [0.3, 0.4) is 0 Å². The number of esters is 1. The maximum Gasteiger partial charge on any atom is 0.338 e. The fourth-order valence-corrected chi connectivity index (χ4v) is 2.31. The van der Waals surface area contributed by atoms with E-state index >= 15 is 0 Å². The summed E-state index contributed by atoms with van der Waals surface area (Å²) in [6.45, 7) is 1.58. The third-order valence-electron chi connectivity index (χ3n) is 3.12. The predicted molar refractivity (Wildman–Crippen MR) is 86.5 cm³/mol. The molecule has 0 saturated carbocycles. The SMILES string of the molecule is COc1cc(C(=O)OCC(=O)c2cccc(Br)c2)ccc1C. The van der Waals surface area contributed by atoms with Crippen LogP contribution in [0.25, 0.3) is 0 Å². The molecule has 0 atom stereocenters. The van der Waals surface area contributed by atoms with Gasteiger partial charge in [0.15, 0.2) is 12.4 Å². The largest absolute Gasteiger partial charge is 0.496 e. The Morgan fingerprint density at radius 1 is 1.09 bits per heavy atom.